The van der Waals surface area contributed by atoms with Gasteiger partial charge in [0.15, 0.2) is 0 Å². The topological polar surface area (TPSA) is 59.3 Å². The summed E-state index contributed by atoms with van der Waals surface area (Å²) < 4.78 is 0.597. The van der Waals surface area contributed by atoms with E-state index in [0.29, 0.717) is 23.4 Å². The van der Waals surface area contributed by atoms with Crippen molar-refractivity contribution < 1.29 is 4.92 Å². The van der Waals surface area contributed by atoms with Gasteiger partial charge < -0.3 is 4.90 Å². The Kier molecular flexibility index (Phi) is 4.62. The first-order chi connectivity index (χ1) is 7.95. The number of nitrogens with zero attached hydrogens (tertiary/aromatic N) is 3. The van der Waals surface area contributed by atoms with Crippen LogP contribution in [0.1, 0.15) is 13.8 Å². The fourth-order valence-corrected chi connectivity index (χ4v) is 1.78. The van der Waals surface area contributed by atoms with E-state index in [1.165, 1.54) is 6.07 Å². The third kappa shape index (κ3) is 3.52. The maximum absolute atomic E-state index is 11.0. The van der Waals surface area contributed by atoms with Crippen LogP contribution in [-0.4, -0.2) is 23.0 Å². The van der Waals surface area contributed by atoms with Crippen molar-refractivity contribution in [1.29, 1.82) is 0 Å². The van der Waals surface area contributed by atoms with Gasteiger partial charge in [0.2, 0.25) is 5.82 Å². The second kappa shape index (κ2) is 5.77. The average Bonchev–Trinajstić information content (AvgIpc) is 2.25. The molecular weight excluding hydrogens is 286 g/mol. The van der Waals surface area contributed by atoms with Gasteiger partial charge in [-0.15, -0.1) is 0 Å². The number of likely N-dealkylation sites (N-methyl/N-ethyl adjacent to an activating group) is 1. The molecule has 17 heavy (non-hydrogen) atoms. The summed E-state index contributed by atoms with van der Waals surface area (Å²) in [7, 11) is 0. The molecule has 5 nitrogen and oxygen atoms in total. The highest BCUT2D eigenvalue weighted by Gasteiger charge is 2.20. The standard InChI is InChI=1S/C11H14BrN3O2/c1-4-14(7-8(2)3)11-10(15(16)17)5-9(12)6-13-11/h5-6H,2,4,7H2,1,3H3. The minimum Gasteiger partial charge on any atom is -0.347 e. The lowest BCUT2D eigenvalue weighted by molar-refractivity contribution is -0.384. The van der Waals surface area contributed by atoms with Crippen LogP contribution in [0.15, 0.2) is 28.9 Å². The quantitative estimate of drug-likeness (QED) is 0.476. The van der Waals surface area contributed by atoms with Crippen molar-refractivity contribution in [2.75, 3.05) is 18.0 Å². The van der Waals surface area contributed by atoms with Gasteiger partial charge in [-0.25, -0.2) is 4.98 Å². The minimum atomic E-state index is -0.422. The van der Waals surface area contributed by atoms with Gasteiger partial charge in [0, 0.05) is 29.8 Å². The molecule has 1 rings (SSSR count). The number of pyridine rings is 1. The molecule has 0 spiro atoms. The Hall–Kier alpha value is -1.43. The van der Waals surface area contributed by atoms with Crippen LogP contribution < -0.4 is 4.90 Å². The van der Waals surface area contributed by atoms with E-state index >= 15 is 0 Å². The van der Waals surface area contributed by atoms with Crippen LogP contribution in [-0.2, 0) is 0 Å². The summed E-state index contributed by atoms with van der Waals surface area (Å²) in [5.41, 5.74) is 0.938. The van der Waals surface area contributed by atoms with Crippen molar-refractivity contribution >= 4 is 27.4 Å². The number of halogens is 1. The second-order valence-corrected chi connectivity index (χ2v) is 4.64. The number of rotatable bonds is 5. The first kappa shape index (κ1) is 13.6. The molecule has 1 heterocycles. The number of nitro groups is 1. The fraction of sp³-hybridized carbons (Fsp3) is 0.364. The molecule has 0 aliphatic rings. The second-order valence-electron chi connectivity index (χ2n) is 3.72. The van der Waals surface area contributed by atoms with E-state index < -0.39 is 4.92 Å². The lowest BCUT2D eigenvalue weighted by Gasteiger charge is -2.21. The Labute approximate surface area is 108 Å². The Morgan fingerprint density at radius 3 is 2.82 bits per heavy atom. The molecule has 0 radical (unpaired) electrons. The molecule has 1 aromatic rings. The van der Waals surface area contributed by atoms with Crippen molar-refractivity contribution in [3.8, 4) is 0 Å². The van der Waals surface area contributed by atoms with Crippen LogP contribution in [0.4, 0.5) is 11.5 Å². The Morgan fingerprint density at radius 2 is 2.35 bits per heavy atom. The van der Waals surface area contributed by atoms with Crippen molar-refractivity contribution in [1.82, 2.24) is 4.98 Å². The maximum atomic E-state index is 11.0. The van der Waals surface area contributed by atoms with Crippen LogP contribution in [0.3, 0.4) is 0 Å². The summed E-state index contributed by atoms with van der Waals surface area (Å²) in [6.45, 7) is 8.82. The van der Waals surface area contributed by atoms with Gasteiger partial charge in [-0.05, 0) is 29.8 Å². The summed E-state index contributed by atoms with van der Waals surface area (Å²) in [6, 6.07) is 1.46. The Bertz CT molecular complexity index is 448. The van der Waals surface area contributed by atoms with E-state index in [0.717, 1.165) is 5.57 Å². The van der Waals surface area contributed by atoms with Crippen molar-refractivity contribution in [2.24, 2.45) is 0 Å². The highest BCUT2D eigenvalue weighted by atomic mass is 79.9. The molecule has 6 heteroatoms. The lowest BCUT2D eigenvalue weighted by Crippen LogP contribution is -2.26. The SMILES string of the molecule is C=C(C)CN(CC)c1ncc(Br)cc1[N+](=O)[O-]. The van der Waals surface area contributed by atoms with Crippen molar-refractivity contribution in [2.45, 2.75) is 13.8 Å². The molecule has 0 aliphatic heterocycles. The molecule has 0 bridgehead atoms. The van der Waals surface area contributed by atoms with E-state index in [2.05, 4.69) is 27.5 Å². The molecule has 0 aromatic carbocycles. The van der Waals surface area contributed by atoms with E-state index in [1.807, 2.05) is 18.7 Å². The zero-order valence-electron chi connectivity index (χ0n) is 9.81. The zero-order chi connectivity index (χ0) is 13.0. The van der Waals surface area contributed by atoms with Gasteiger partial charge in [0.25, 0.3) is 0 Å². The first-order valence-electron chi connectivity index (χ1n) is 5.15. The fourth-order valence-electron chi connectivity index (χ4n) is 1.46. The molecular formula is C11H14BrN3O2. The molecule has 0 atom stereocenters. The average molecular weight is 300 g/mol. The number of aromatic nitrogens is 1. The monoisotopic (exact) mass is 299 g/mol. The summed E-state index contributed by atoms with van der Waals surface area (Å²) in [5, 5.41) is 11.0. The summed E-state index contributed by atoms with van der Waals surface area (Å²) in [5.74, 6) is 0.378. The molecule has 0 fully saturated rings. The Morgan fingerprint density at radius 1 is 1.71 bits per heavy atom. The van der Waals surface area contributed by atoms with Gasteiger partial charge in [-0.1, -0.05) is 12.2 Å². The number of hydrogen-bond donors (Lipinski definition) is 0. The van der Waals surface area contributed by atoms with Crippen LogP contribution >= 0.6 is 15.9 Å². The summed E-state index contributed by atoms with van der Waals surface area (Å²) in [4.78, 5) is 16.5. The molecule has 0 unspecified atom stereocenters. The molecule has 0 N–H and O–H groups in total. The predicted octanol–water partition coefficient (Wildman–Crippen LogP) is 3.15. The van der Waals surface area contributed by atoms with E-state index in [-0.39, 0.29) is 5.69 Å². The largest absolute Gasteiger partial charge is 0.347 e. The molecule has 0 saturated carbocycles. The van der Waals surface area contributed by atoms with E-state index in [9.17, 15) is 10.1 Å². The smallest absolute Gasteiger partial charge is 0.312 e. The Balaban J connectivity index is 3.18. The van der Waals surface area contributed by atoms with Crippen LogP contribution in [0.25, 0.3) is 0 Å². The van der Waals surface area contributed by atoms with Crippen LogP contribution in [0.2, 0.25) is 0 Å². The van der Waals surface area contributed by atoms with Crippen molar-refractivity contribution in [3.05, 3.63) is 39.0 Å². The van der Waals surface area contributed by atoms with Crippen LogP contribution in [0, 0.1) is 10.1 Å². The van der Waals surface area contributed by atoms with E-state index in [1.54, 1.807) is 6.20 Å². The lowest BCUT2D eigenvalue weighted by atomic mass is 10.3. The van der Waals surface area contributed by atoms with Gasteiger partial charge in [0.1, 0.15) is 0 Å². The van der Waals surface area contributed by atoms with Gasteiger partial charge in [-0.3, -0.25) is 10.1 Å². The molecule has 92 valence electrons. The van der Waals surface area contributed by atoms with Gasteiger partial charge >= 0.3 is 5.69 Å². The van der Waals surface area contributed by atoms with Crippen LogP contribution in [0.5, 0.6) is 0 Å². The molecule has 0 aliphatic carbocycles. The number of anilines is 1. The predicted molar refractivity (Wildman–Crippen MR) is 71.3 cm³/mol. The van der Waals surface area contributed by atoms with Crippen molar-refractivity contribution in [3.63, 3.8) is 0 Å². The number of hydrogen-bond acceptors (Lipinski definition) is 4. The van der Waals surface area contributed by atoms with Gasteiger partial charge in [-0.2, -0.15) is 0 Å². The molecule has 0 saturated heterocycles. The third-order valence-corrected chi connectivity index (χ3v) is 2.59. The molecule has 0 amide bonds. The maximum Gasteiger partial charge on any atom is 0.312 e. The minimum absolute atomic E-state index is 0.00229. The van der Waals surface area contributed by atoms with Gasteiger partial charge in [0.05, 0.1) is 4.92 Å². The summed E-state index contributed by atoms with van der Waals surface area (Å²) >= 11 is 3.18. The highest BCUT2D eigenvalue weighted by Crippen LogP contribution is 2.28. The molecule has 1 aromatic heterocycles. The highest BCUT2D eigenvalue weighted by molar-refractivity contribution is 9.10. The van der Waals surface area contributed by atoms with E-state index in [4.69, 9.17) is 0 Å². The normalized spacial score (nSPS) is 10.1. The third-order valence-electron chi connectivity index (χ3n) is 2.15. The summed E-state index contributed by atoms with van der Waals surface area (Å²) in [6.07, 6.45) is 1.56. The zero-order valence-corrected chi connectivity index (χ0v) is 11.4. The first-order valence-corrected chi connectivity index (χ1v) is 5.94.